The van der Waals surface area contributed by atoms with Gasteiger partial charge in [0.2, 0.25) is 5.95 Å². The standard InChI is InChI=1S/C10H15F3N4O/c1-6(5-18-3)15-8-4-7(10(11,12)13)16-9(14-2)17-8/h4,6H,5H2,1-3H3,(H2,14,15,16,17). The van der Waals surface area contributed by atoms with Crippen LogP contribution in [0.4, 0.5) is 24.9 Å². The van der Waals surface area contributed by atoms with Gasteiger partial charge in [0.05, 0.1) is 6.61 Å². The van der Waals surface area contributed by atoms with Crippen molar-refractivity contribution in [2.45, 2.75) is 19.1 Å². The molecule has 1 aromatic rings. The van der Waals surface area contributed by atoms with Gasteiger partial charge < -0.3 is 15.4 Å². The van der Waals surface area contributed by atoms with Crippen LogP contribution in [0.25, 0.3) is 0 Å². The average molecular weight is 264 g/mol. The first kappa shape index (κ1) is 14.5. The number of rotatable bonds is 5. The van der Waals surface area contributed by atoms with E-state index in [1.165, 1.54) is 14.2 Å². The Labute approximate surface area is 103 Å². The van der Waals surface area contributed by atoms with Crippen LogP contribution in [0.15, 0.2) is 6.07 Å². The summed E-state index contributed by atoms with van der Waals surface area (Å²) in [6.07, 6.45) is -4.50. The van der Waals surface area contributed by atoms with Crippen LogP contribution < -0.4 is 10.6 Å². The minimum Gasteiger partial charge on any atom is -0.383 e. The zero-order valence-electron chi connectivity index (χ0n) is 10.3. The molecule has 0 amide bonds. The summed E-state index contributed by atoms with van der Waals surface area (Å²) in [7, 11) is 2.97. The Hall–Kier alpha value is -1.57. The molecule has 102 valence electrons. The predicted octanol–water partition coefficient (Wildman–Crippen LogP) is 1.98. The normalized spacial score (nSPS) is 13.2. The van der Waals surface area contributed by atoms with E-state index in [4.69, 9.17) is 4.74 Å². The molecule has 5 nitrogen and oxygen atoms in total. The maximum atomic E-state index is 12.6. The van der Waals surface area contributed by atoms with Crippen molar-refractivity contribution in [3.63, 3.8) is 0 Å². The minimum absolute atomic E-state index is 0.0862. The van der Waals surface area contributed by atoms with Gasteiger partial charge in [0.25, 0.3) is 0 Å². The lowest BCUT2D eigenvalue weighted by molar-refractivity contribution is -0.141. The van der Waals surface area contributed by atoms with E-state index in [0.717, 1.165) is 6.07 Å². The van der Waals surface area contributed by atoms with E-state index in [1.807, 2.05) is 0 Å². The molecule has 0 aliphatic heterocycles. The van der Waals surface area contributed by atoms with Gasteiger partial charge in [-0.3, -0.25) is 0 Å². The van der Waals surface area contributed by atoms with Crippen molar-refractivity contribution in [2.75, 3.05) is 31.4 Å². The molecule has 18 heavy (non-hydrogen) atoms. The van der Waals surface area contributed by atoms with Gasteiger partial charge in [0, 0.05) is 26.3 Å². The molecule has 1 atom stereocenters. The lowest BCUT2D eigenvalue weighted by atomic mass is 10.3. The van der Waals surface area contributed by atoms with E-state index >= 15 is 0 Å². The molecule has 0 radical (unpaired) electrons. The molecule has 8 heteroatoms. The number of ether oxygens (including phenoxy) is 1. The molecule has 0 aromatic carbocycles. The molecule has 2 N–H and O–H groups in total. The molecular formula is C10H15F3N4O. The molecule has 0 saturated heterocycles. The Morgan fingerprint density at radius 3 is 2.56 bits per heavy atom. The fourth-order valence-electron chi connectivity index (χ4n) is 1.32. The highest BCUT2D eigenvalue weighted by Gasteiger charge is 2.33. The van der Waals surface area contributed by atoms with Crippen molar-refractivity contribution >= 4 is 11.8 Å². The summed E-state index contributed by atoms with van der Waals surface area (Å²) >= 11 is 0. The largest absolute Gasteiger partial charge is 0.433 e. The molecule has 0 aliphatic rings. The Bertz CT molecular complexity index is 397. The number of alkyl halides is 3. The molecule has 0 spiro atoms. The molecule has 1 rings (SSSR count). The number of methoxy groups -OCH3 is 1. The van der Waals surface area contributed by atoms with Crippen molar-refractivity contribution in [3.8, 4) is 0 Å². The van der Waals surface area contributed by atoms with Crippen LogP contribution in [-0.2, 0) is 10.9 Å². The number of halogens is 3. The van der Waals surface area contributed by atoms with Crippen LogP contribution in [0.1, 0.15) is 12.6 Å². The van der Waals surface area contributed by atoms with Gasteiger partial charge in [-0.05, 0) is 6.92 Å². The van der Waals surface area contributed by atoms with Crippen LogP contribution >= 0.6 is 0 Å². The lowest BCUT2D eigenvalue weighted by Crippen LogP contribution is -2.22. The van der Waals surface area contributed by atoms with E-state index in [0.29, 0.717) is 6.61 Å². The SMILES string of the molecule is CNc1nc(NC(C)COC)cc(C(F)(F)F)n1. The van der Waals surface area contributed by atoms with Gasteiger partial charge in [-0.15, -0.1) is 0 Å². The number of anilines is 2. The number of nitrogens with one attached hydrogen (secondary N) is 2. The predicted molar refractivity (Wildman–Crippen MR) is 61.5 cm³/mol. The summed E-state index contributed by atoms with van der Waals surface area (Å²) in [5.74, 6) is 0.0168. The van der Waals surface area contributed by atoms with E-state index in [2.05, 4.69) is 20.6 Å². The molecule has 0 bridgehead atoms. The van der Waals surface area contributed by atoms with Gasteiger partial charge >= 0.3 is 6.18 Å². The quantitative estimate of drug-likeness (QED) is 0.851. The summed E-state index contributed by atoms with van der Waals surface area (Å²) in [5.41, 5.74) is -0.992. The van der Waals surface area contributed by atoms with Crippen molar-refractivity contribution in [3.05, 3.63) is 11.8 Å². The zero-order valence-corrected chi connectivity index (χ0v) is 10.3. The third-order valence-electron chi connectivity index (χ3n) is 2.05. The van der Waals surface area contributed by atoms with Crippen molar-refractivity contribution in [1.82, 2.24) is 9.97 Å². The number of hydrogen-bond acceptors (Lipinski definition) is 5. The van der Waals surface area contributed by atoms with Crippen LogP contribution in [0.2, 0.25) is 0 Å². The molecule has 0 aliphatic carbocycles. The van der Waals surface area contributed by atoms with Crippen LogP contribution in [-0.4, -0.2) is 36.8 Å². The van der Waals surface area contributed by atoms with Gasteiger partial charge in [0.15, 0.2) is 5.69 Å². The summed E-state index contributed by atoms with van der Waals surface area (Å²) in [6, 6.07) is 0.711. The van der Waals surface area contributed by atoms with E-state index < -0.39 is 11.9 Å². The Morgan fingerprint density at radius 2 is 2.06 bits per heavy atom. The van der Waals surface area contributed by atoms with Crippen molar-refractivity contribution in [2.24, 2.45) is 0 Å². The summed E-state index contributed by atoms with van der Waals surface area (Å²) < 4.78 is 42.7. The smallest absolute Gasteiger partial charge is 0.383 e. The van der Waals surface area contributed by atoms with Crippen molar-refractivity contribution in [1.29, 1.82) is 0 Å². The number of aromatic nitrogens is 2. The minimum atomic E-state index is -4.50. The second-order valence-electron chi connectivity index (χ2n) is 3.71. The first-order valence-corrected chi connectivity index (χ1v) is 5.26. The van der Waals surface area contributed by atoms with Crippen molar-refractivity contribution < 1.29 is 17.9 Å². The molecule has 1 unspecified atom stereocenters. The van der Waals surface area contributed by atoms with Crippen LogP contribution in [0.3, 0.4) is 0 Å². The fraction of sp³-hybridized carbons (Fsp3) is 0.600. The molecular weight excluding hydrogens is 249 g/mol. The van der Waals surface area contributed by atoms with E-state index in [-0.39, 0.29) is 17.8 Å². The van der Waals surface area contributed by atoms with Gasteiger partial charge in [-0.1, -0.05) is 0 Å². The first-order chi connectivity index (χ1) is 8.36. The molecule has 0 fully saturated rings. The average Bonchev–Trinajstić information content (AvgIpc) is 2.27. The third-order valence-corrected chi connectivity index (χ3v) is 2.05. The number of nitrogens with zero attached hydrogens (tertiary/aromatic N) is 2. The summed E-state index contributed by atoms with van der Waals surface area (Å²) in [4.78, 5) is 7.26. The highest BCUT2D eigenvalue weighted by molar-refractivity contribution is 5.43. The highest BCUT2D eigenvalue weighted by atomic mass is 19.4. The fourth-order valence-corrected chi connectivity index (χ4v) is 1.32. The van der Waals surface area contributed by atoms with Gasteiger partial charge in [-0.2, -0.15) is 18.2 Å². The lowest BCUT2D eigenvalue weighted by Gasteiger charge is -2.15. The first-order valence-electron chi connectivity index (χ1n) is 5.26. The summed E-state index contributed by atoms with van der Waals surface area (Å²) in [6.45, 7) is 2.14. The molecule has 0 saturated carbocycles. The van der Waals surface area contributed by atoms with Crippen LogP contribution in [0.5, 0.6) is 0 Å². The van der Waals surface area contributed by atoms with Gasteiger partial charge in [0.1, 0.15) is 5.82 Å². The maximum absolute atomic E-state index is 12.6. The Kier molecular flexibility index (Phi) is 4.71. The molecule has 1 aromatic heterocycles. The Morgan fingerprint density at radius 1 is 1.39 bits per heavy atom. The maximum Gasteiger partial charge on any atom is 0.433 e. The summed E-state index contributed by atoms with van der Waals surface area (Å²) in [5, 5.41) is 5.31. The Balaban J connectivity index is 2.97. The molecule has 1 heterocycles. The second-order valence-corrected chi connectivity index (χ2v) is 3.71. The topological polar surface area (TPSA) is 59.1 Å². The monoisotopic (exact) mass is 264 g/mol. The second kappa shape index (κ2) is 5.85. The zero-order chi connectivity index (χ0) is 13.8. The third kappa shape index (κ3) is 4.02. The number of hydrogen-bond donors (Lipinski definition) is 2. The highest BCUT2D eigenvalue weighted by Crippen LogP contribution is 2.29. The van der Waals surface area contributed by atoms with Gasteiger partial charge in [-0.25, -0.2) is 4.98 Å². The van der Waals surface area contributed by atoms with E-state index in [9.17, 15) is 13.2 Å². The van der Waals surface area contributed by atoms with E-state index in [1.54, 1.807) is 6.92 Å². The van der Waals surface area contributed by atoms with Crippen LogP contribution in [0, 0.1) is 0 Å².